The molecule has 106 valence electrons. The highest BCUT2D eigenvalue weighted by molar-refractivity contribution is 5.20. The summed E-state index contributed by atoms with van der Waals surface area (Å²) < 4.78 is 5.98. The third kappa shape index (κ3) is 3.58. The molecule has 0 saturated carbocycles. The highest BCUT2D eigenvalue weighted by atomic mass is 16.5. The summed E-state index contributed by atoms with van der Waals surface area (Å²) in [5, 5.41) is 0. The summed E-state index contributed by atoms with van der Waals surface area (Å²) in [4.78, 5) is 0. The van der Waals surface area contributed by atoms with Crippen molar-refractivity contribution in [3.8, 4) is 0 Å². The van der Waals surface area contributed by atoms with Crippen molar-refractivity contribution in [1.29, 1.82) is 0 Å². The highest BCUT2D eigenvalue weighted by Crippen LogP contribution is 2.40. The van der Waals surface area contributed by atoms with Crippen molar-refractivity contribution in [2.45, 2.75) is 51.0 Å². The lowest BCUT2D eigenvalue weighted by atomic mass is 9.74. The fourth-order valence-corrected chi connectivity index (χ4v) is 3.32. The number of hydrogen-bond donors (Lipinski definition) is 1. The van der Waals surface area contributed by atoms with Crippen LogP contribution in [0.1, 0.15) is 51.0 Å². The summed E-state index contributed by atoms with van der Waals surface area (Å²) in [6, 6.07) is 10.9. The Morgan fingerprint density at radius 1 is 1.37 bits per heavy atom. The average molecular weight is 261 g/mol. The molecular formula is C17H27NO. The number of benzene rings is 1. The van der Waals surface area contributed by atoms with E-state index in [2.05, 4.69) is 44.2 Å². The Morgan fingerprint density at radius 2 is 2.11 bits per heavy atom. The second-order valence-electron chi connectivity index (χ2n) is 6.00. The van der Waals surface area contributed by atoms with Gasteiger partial charge in [-0.3, -0.25) is 0 Å². The van der Waals surface area contributed by atoms with Gasteiger partial charge in [-0.15, -0.1) is 0 Å². The van der Waals surface area contributed by atoms with E-state index in [0.29, 0.717) is 11.8 Å². The zero-order chi connectivity index (χ0) is 13.7. The van der Waals surface area contributed by atoms with Crippen molar-refractivity contribution in [2.75, 3.05) is 13.2 Å². The highest BCUT2D eigenvalue weighted by Gasteiger charge is 2.35. The van der Waals surface area contributed by atoms with Crippen LogP contribution in [0.3, 0.4) is 0 Å². The van der Waals surface area contributed by atoms with Gasteiger partial charge in [-0.2, -0.15) is 0 Å². The Balaban J connectivity index is 2.15. The fraction of sp³-hybridized carbons (Fsp3) is 0.647. The molecule has 0 aliphatic carbocycles. The summed E-state index contributed by atoms with van der Waals surface area (Å²) in [6.45, 7) is 6.13. The van der Waals surface area contributed by atoms with Crippen LogP contribution >= 0.6 is 0 Å². The molecule has 2 rings (SSSR count). The van der Waals surface area contributed by atoms with E-state index in [0.717, 1.165) is 38.8 Å². The quantitative estimate of drug-likeness (QED) is 0.877. The maximum absolute atomic E-state index is 5.98. The first-order chi connectivity index (χ1) is 9.18. The average Bonchev–Trinajstić information content (AvgIpc) is 2.46. The first-order valence-electron chi connectivity index (χ1n) is 7.57. The second-order valence-corrected chi connectivity index (χ2v) is 6.00. The van der Waals surface area contributed by atoms with E-state index in [1.807, 2.05) is 0 Å². The molecule has 0 spiro atoms. The lowest BCUT2D eigenvalue weighted by Gasteiger charge is -2.41. The van der Waals surface area contributed by atoms with Gasteiger partial charge in [-0.25, -0.2) is 0 Å². The number of hydrogen-bond acceptors (Lipinski definition) is 2. The van der Waals surface area contributed by atoms with E-state index in [1.54, 1.807) is 0 Å². The van der Waals surface area contributed by atoms with Crippen molar-refractivity contribution in [2.24, 2.45) is 11.7 Å². The molecule has 2 nitrogen and oxygen atoms in total. The van der Waals surface area contributed by atoms with Gasteiger partial charge in [0.15, 0.2) is 0 Å². The third-order valence-corrected chi connectivity index (χ3v) is 4.66. The SMILES string of the molecule is CC[C@]1(C)C[C@H]([C@H](CCN)c2ccccc2)CCO1. The summed E-state index contributed by atoms with van der Waals surface area (Å²) in [5.74, 6) is 1.28. The van der Waals surface area contributed by atoms with Gasteiger partial charge in [0.2, 0.25) is 0 Å². The van der Waals surface area contributed by atoms with Crippen LogP contribution in [-0.2, 0) is 4.74 Å². The predicted octanol–water partition coefficient (Wildman–Crippen LogP) is 3.71. The zero-order valence-corrected chi connectivity index (χ0v) is 12.3. The van der Waals surface area contributed by atoms with E-state index >= 15 is 0 Å². The molecule has 19 heavy (non-hydrogen) atoms. The summed E-state index contributed by atoms with van der Waals surface area (Å²) in [6.07, 6.45) is 4.49. The number of ether oxygens (including phenoxy) is 1. The van der Waals surface area contributed by atoms with Crippen LogP contribution in [0.5, 0.6) is 0 Å². The van der Waals surface area contributed by atoms with Gasteiger partial charge >= 0.3 is 0 Å². The van der Waals surface area contributed by atoms with E-state index in [4.69, 9.17) is 10.5 Å². The van der Waals surface area contributed by atoms with Crippen LogP contribution in [0, 0.1) is 5.92 Å². The van der Waals surface area contributed by atoms with Crippen molar-refractivity contribution >= 4 is 0 Å². The lowest BCUT2D eigenvalue weighted by Crippen LogP contribution is -2.38. The van der Waals surface area contributed by atoms with Gasteiger partial charge in [0.1, 0.15) is 0 Å². The summed E-state index contributed by atoms with van der Waals surface area (Å²) in [5.41, 5.74) is 7.35. The molecule has 0 radical (unpaired) electrons. The van der Waals surface area contributed by atoms with Crippen molar-refractivity contribution in [3.05, 3.63) is 35.9 Å². The largest absolute Gasteiger partial charge is 0.375 e. The standard InChI is InChI=1S/C17H27NO/c1-3-17(2)13-15(10-12-19-17)16(9-11-18)14-7-5-4-6-8-14/h4-8,15-16H,3,9-13,18H2,1-2H3/t15-,16-,17-/m1/s1. The zero-order valence-electron chi connectivity index (χ0n) is 12.3. The lowest BCUT2D eigenvalue weighted by molar-refractivity contribution is -0.0914. The molecule has 1 aromatic rings. The fourth-order valence-electron chi connectivity index (χ4n) is 3.32. The molecule has 3 atom stereocenters. The van der Waals surface area contributed by atoms with Crippen LogP contribution < -0.4 is 5.73 Å². The smallest absolute Gasteiger partial charge is 0.0654 e. The molecule has 0 unspecified atom stereocenters. The van der Waals surface area contributed by atoms with Gasteiger partial charge in [-0.05, 0) is 56.6 Å². The van der Waals surface area contributed by atoms with E-state index < -0.39 is 0 Å². The maximum atomic E-state index is 5.98. The van der Waals surface area contributed by atoms with Crippen LogP contribution in [0.2, 0.25) is 0 Å². The van der Waals surface area contributed by atoms with Gasteiger partial charge < -0.3 is 10.5 Å². The van der Waals surface area contributed by atoms with Gasteiger partial charge in [0.05, 0.1) is 5.60 Å². The first kappa shape index (κ1) is 14.5. The molecule has 1 heterocycles. The Hall–Kier alpha value is -0.860. The van der Waals surface area contributed by atoms with Crippen molar-refractivity contribution < 1.29 is 4.74 Å². The molecule has 1 saturated heterocycles. The Labute approximate surface area is 117 Å². The molecule has 0 amide bonds. The van der Waals surface area contributed by atoms with Crippen LogP contribution in [0.25, 0.3) is 0 Å². The van der Waals surface area contributed by atoms with Gasteiger partial charge in [0, 0.05) is 6.61 Å². The molecule has 0 aromatic heterocycles. The minimum Gasteiger partial charge on any atom is -0.375 e. The topological polar surface area (TPSA) is 35.2 Å². The van der Waals surface area contributed by atoms with Crippen LogP contribution in [0.4, 0.5) is 0 Å². The van der Waals surface area contributed by atoms with E-state index in [1.165, 1.54) is 5.56 Å². The number of rotatable bonds is 5. The van der Waals surface area contributed by atoms with E-state index in [-0.39, 0.29) is 5.60 Å². The summed E-state index contributed by atoms with van der Waals surface area (Å²) in [7, 11) is 0. The number of nitrogens with two attached hydrogens (primary N) is 1. The Bertz CT molecular complexity index is 378. The van der Waals surface area contributed by atoms with E-state index in [9.17, 15) is 0 Å². The van der Waals surface area contributed by atoms with Crippen LogP contribution in [0.15, 0.2) is 30.3 Å². The molecule has 1 aliphatic rings. The summed E-state index contributed by atoms with van der Waals surface area (Å²) >= 11 is 0. The maximum Gasteiger partial charge on any atom is 0.0654 e. The monoisotopic (exact) mass is 261 g/mol. The van der Waals surface area contributed by atoms with Crippen LogP contribution in [-0.4, -0.2) is 18.8 Å². The molecular weight excluding hydrogens is 234 g/mol. The Kier molecular flexibility index (Phi) is 5.00. The molecule has 0 bridgehead atoms. The minimum absolute atomic E-state index is 0.0601. The molecule has 2 N–H and O–H groups in total. The Morgan fingerprint density at radius 3 is 2.74 bits per heavy atom. The van der Waals surface area contributed by atoms with Crippen molar-refractivity contribution in [1.82, 2.24) is 0 Å². The molecule has 2 heteroatoms. The molecule has 1 aromatic carbocycles. The van der Waals surface area contributed by atoms with Gasteiger partial charge in [0.25, 0.3) is 0 Å². The molecule has 1 aliphatic heterocycles. The minimum atomic E-state index is 0.0601. The normalized spacial score (nSPS) is 29.1. The van der Waals surface area contributed by atoms with Crippen molar-refractivity contribution in [3.63, 3.8) is 0 Å². The van der Waals surface area contributed by atoms with Gasteiger partial charge in [-0.1, -0.05) is 37.3 Å². The third-order valence-electron chi connectivity index (χ3n) is 4.66. The molecule has 1 fully saturated rings. The first-order valence-corrected chi connectivity index (χ1v) is 7.57. The second kappa shape index (κ2) is 6.53. The predicted molar refractivity (Wildman–Crippen MR) is 80.2 cm³/mol.